The van der Waals surface area contributed by atoms with Crippen molar-refractivity contribution in [2.75, 3.05) is 12.0 Å². The van der Waals surface area contributed by atoms with Crippen molar-refractivity contribution in [2.24, 2.45) is 5.73 Å². The van der Waals surface area contributed by atoms with Crippen molar-refractivity contribution in [1.29, 1.82) is 0 Å². The maximum Gasteiger partial charge on any atom is 0.326 e. The van der Waals surface area contributed by atoms with Crippen LogP contribution in [0.15, 0.2) is 84.4 Å². The molecular weight excluding hydrogens is 526 g/mol. The number of nitrogens with zero attached hydrogens (tertiary/aromatic N) is 1. The van der Waals surface area contributed by atoms with Crippen molar-refractivity contribution in [2.45, 2.75) is 38.8 Å². The van der Waals surface area contributed by atoms with Gasteiger partial charge in [-0.1, -0.05) is 72.3 Å². The van der Waals surface area contributed by atoms with Gasteiger partial charge in [0.15, 0.2) is 0 Å². The van der Waals surface area contributed by atoms with Crippen molar-refractivity contribution in [3.05, 3.63) is 112 Å². The number of carbonyl (C=O) groups is 2. The number of carboxylic acids is 1. The summed E-state index contributed by atoms with van der Waals surface area (Å²) < 4.78 is 0. The zero-order valence-corrected chi connectivity index (χ0v) is 24.1. The van der Waals surface area contributed by atoms with Crippen LogP contribution in [0.4, 0.5) is 0 Å². The normalized spacial score (nSPS) is 12.1. The van der Waals surface area contributed by atoms with E-state index in [1.165, 1.54) is 5.56 Å². The Morgan fingerprint density at radius 1 is 1.03 bits per heavy atom. The molecule has 4 rings (SSSR count). The highest BCUT2D eigenvalue weighted by Crippen LogP contribution is 2.28. The van der Waals surface area contributed by atoms with Crippen molar-refractivity contribution >= 4 is 35.0 Å². The molecule has 0 aliphatic rings. The lowest BCUT2D eigenvalue weighted by Gasteiger charge is -2.17. The van der Waals surface area contributed by atoms with Crippen LogP contribution in [0, 0.1) is 13.8 Å². The number of rotatable bonds is 10. The van der Waals surface area contributed by atoms with Crippen LogP contribution in [0.2, 0.25) is 0 Å². The lowest BCUT2D eigenvalue weighted by Crippen LogP contribution is -2.41. The summed E-state index contributed by atoms with van der Waals surface area (Å²) in [4.78, 5) is 28.4. The summed E-state index contributed by atoms with van der Waals surface area (Å²) in [5, 5.41) is 15.0. The number of aryl methyl sites for hydroxylation is 2. The van der Waals surface area contributed by atoms with E-state index in [0.29, 0.717) is 17.7 Å². The molecule has 0 saturated carbocycles. The van der Waals surface area contributed by atoms with Crippen molar-refractivity contribution in [3.63, 3.8) is 0 Å². The maximum absolute atomic E-state index is 12.8. The van der Waals surface area contributed by atoms with Gasteiger partial charge in [-0.3, -0.25) is 4.79 Å². The minimum absolute atomic E-state index is 0.0254. The van der Waals surface area contributed by atoms with Gasteiger partial charge in [-0.05, 0) is 67.0 Å². The second kappa shape index (κ2) is 15.2. The molecule has 0 spiro atoms. The minimum atomic E-state index is -1.01. The number of nitrogens with one attached hydrogen (secondary N) is 1. The van der Waals surface area contributed by atoms with Crippen molar-refractivity contribution < 1.29 is 14.7 Å². The summed E-state index contributed by atoms with van der Waals surface area (Å²) in [6.07, 6.45) is 4.96. The fraction of sp³-hybridized carbons (Fsp3) is 0.258. The van der Waals surface area contributed by atoms with Gasteiger partial charge in [0.2, 0.25) is 0 Å². The summed E-state index contributed by atoms with van der Waals surface area (Å²) in [5.41, 5.74) is 11.7. The number of amides is 1. The Bertz CT molecular complexity index is 1340. The first kappa shape index (κ1) is 30.1. The SMILES string of the molecule is CSCCC(NC(=O)c1ccc(C)cc1-c1ccccc1C)C(=O)O.NC(Cc1ccccc1)c1nccs1. The standard InChI is InChI=1S/C20H23NO3S.C11H12N2S/c1-13-8-9-16(17(12-13)15-7-5-4-6-14(15)2)19(22)21-18(20(23)24)10-11-25-3;12-10(11-13-6-7-14-11)8-9-4-2-1-3-5-9/h4-9,12,18H,10-11H2,1-3H3,(H,21,22)(H,23,24);1-7,10H,8,12H2. The lowest BCUT2D eigenvalue weighted by atomic mass is 9.94. The first-order valence-corrected chi connectivity index (χ1v) is 15.0. The lowest BCUT2D eigenvalue weighted by molar-refractivity contribution is -0.139. The zero-order valence-electron chi connectivity index (χ0n) is 22.5. The quantitative estimate of drug-likeness (QED) is 0.210. The van der Waals surface area contributed by atoms with Crippen LogP contribution in [-0.2, 0) is 11.2 Å². The molecule has 1 heterocycles. The molecule has 204 valence electrons. The molecule has 0 aliphatic carbocycles. The third-order valence-corrected chi connectivity index (χ3v) is 7.69. The van der Waals surface area contributed by atoms with E-state index < -0.39 is 12.0 Å². The molecule has 4 aromatic rings. The zero-order chi connectivity index (χ0) is 28.2. The molecule has 8 heteroatoms. The highest BCUT2D eigenvalue weighted by molar-refractivity contribution is 7.98. The number of carbonyl (C=O) groups excluding carboxylic acids is 1. The largest absolute Gasteiger partial charge is 0.480 e. The Morgan fingerprint density at radius 3 is 2.38 bits per heavy atom. The van der Waals surface area contributed by atoms with Gasteiger partial charge < -0.3 is 16.2 Å². The number of hydrogen-bond acceptors (Lipinski definition) is 6. The summed E-state index contributed by atoms with van der Waals surface area (Å²) in [7, 11) is 0. The van der Waals surface area contributed by atoms with E-state index in [1.54, 1.807) is 35.4 Å². The number of aliphatic carboxylic acids is 1. The molecule has 2 atom stereocenters. The maximum atomic E-state index is 12.8. The smallest absolute Gasteiger partial charge is 0.326 e. The molecule has 3 aromatic carbocycles. The fourth-order valence-corrected chi connectivity index (χ4v) is 5.17. The first-order valence-electron chi connectivity index (χ1n) is 12.7. The van der Waals surface area contributed by atoms with E-state index in [-0.39, 0.29) is 11.9 Å². The van der Waals surface area contributed by atoms with E-state index >= 15 is 0 Å². The topological polar surface area (TPSA) is 105 Å². The number of thioether (sulfide) groups is 1. The van der Waals surface area contributed by atoms with E-state index in [1.807, 2.05) is 80.1 Å². The monoisotopic (exact) mass is 561 g/mol. The number of benzene rings is 3. The van der Waals surface area contributed by atoms with E-state index in [0.717, 1.165) is 33.7 Å². The number of hydrogen-bond donors (Lipinski definition) is 3. The molecule has 0 saturated heterocycles. The van der Waals surface area contributed by atoms with E-state index in [4.69, 9.17) is 5.73 Å². The molecule has 39 heavy (non-hydrogen) atoms. The van der Waals surface area contributed by atoms with Gasteiger partial charge in [0.1, 0.15) is 11.0 Å². The van der Waals surface area contributed by atoms with Crippen molar-refractivity contribution in [1.82, 2.24) is 10.3 Å². The van der Waals surface area contributed by atoms with Gasteiger partial charge in [0, 0.05) is 17.1 Å². The van der Waals surface area contributed by atoms with Crippen LogP contribution < -0.4 is 11.1 Å². The van der Waals surface area contributed by atoms with Crippen LogP contribution in [0.5, 0.6) is 0 Å². The van der Waals surface area contributed by atoms with Crippen LogP contribution in [-0.4, -0.2) is 40.0 Å². The molecule has 0 bridgehead atoms. The van der Waals surface area contributed by atoms with E-state index in [9.17, 15) is 14.7 Å². The summed E-state index contributed by atoms with van der Waals surface area (Å²) >= 11 is 3.17. The average Bonchev–Trinajstić information content (AvgIpc) is 3.47. The number of aromatic nitrogens is 1. The first-order chi connectivity index (χ1) is 18.8. The molecule has 0 radical (unpaired) electrons. The number of thiazole rings is 1. The van der Waals surface area contributed by atoms with Gasteiger partial charge in [-0.15, -0.1) is 11.3 Å². The Kier molecular flexibility index (Phi) is 11.7. The summed E-state index contributed by atoms with van der Waals surface area (Å²) in [5.74, 6) is -0.686. The highest BCUT2D eigenvalue weighted by atomic mass is 32.2. The minimum Gasteiger partial charge on any atom is -0.480 e. The van der Waals surface area contributed by atoms with E-state index in [2.05, 4.69) is 22.4 Å². The molecule has 1 amide bonds. The average molecular weight is 562 g/mol. The summed E-state index contributed by atoms with van der Waals surface area (Å²) in [6.45, 7) is 3.97. The fourth-order valence-electron chi connectivity index (χ4n) is 4.06. The van der Waals surface area contributed by atoms with Crippen molar-refractivity contribution in [3.8, 4) is 11.1 Å². The second-order valence-electron chi connectivity index (χ2n) is 9.18. The predicted molar refractivity (Wildman–Crippen MR) is 162 cm³/mol. The van der Waals surface area contributed by atoms with Gasteiger partial charge in [-0.25, -0.2) is 9.78 Å². The van der Waals surface area contributed by atoms with Crippen LogP contribution in [0.3, 0.4) is 0 Å². The van der Waals surface area contributed by atoms with Gasteiger partial charge in [0.25, 0.3) is 5.91 Å². The number of nitrogens with two attached hydrogens (primary N) is 1. The Balaban J connectivity index is 0.000000252. The second-order valence-corrected chi connectivity index (χ2v) is 11.1. The Morgan fingerprint density at radius 2 is 1.74 bits per heavy atom. The molecule has 1 aromatic heterocycles. The van der Waals surface area contributed by atoms with Crippen LogP contribution in [0.1, 0.15) is 44.5 Å². The number of carboxylic acid groups (broad SMARTS) is 1. The molecule has 2 unspecified atom stereocenters. The molecule has 6 nitrogen and oxygen atoms in total. The molecule has 0 fully saturated rings. The van der Waals surface area contributed by atoms with Gasteiger partial charge in [-0.2, -0.15) is 11.8 Å². The molecular formula is C31H35N3O3S2. The van der Waals surface area contributed by atoms with Gasteiger partial charge >= 0.3 is 5.97 Å². The molecule has 4 N–H and O–H groups in total. The predicted octanol–water partition coefficient (Wildman–Crippen LogP) is 6.29. The molecule has 0 aliphatic heterocycles. The Labute approximate surface area is 238 Å². The highest BCUT2D eigenvalue weighted by Gasteiger charge is 2.22. The third-order valence-electron chi connectivity index (χ3n) is 6.14. The van der Waals surface area contributed by atoms with Crippen LogP contribution in [0.25, 0.3) is 11.1 Å². The summed E-state index contributed by atoms with van der Waals surface area (Å²) in [6, 6.07) is 22.9. The van der Waals surface area contributed by atoms with Crippen LogP contribution >= 0.6 is 23.1 Å². The third kappa shape index (κ3) is 9.06. The van der Waals surface area contributed by atoms with Gasteiger partial charge in [0.05, 0.1) is 6.04 Å². The Hall–Kier alpha value is -3.46.